The molecule has 0 heterocycles. The fourth-order valence-electron chi connectivity index (χ4n) is 2.30. The van der Waals surface area contributed by atoms with E-state index in [1.807, 2.05) is 0 Å². The lowest BCUT2D eigenvalue weighted by Crippen LogP contribution is -2.41. The number of rotatable bonds is 7. The standard InChI is InChI=1S/C18H22N2O5S/c1-12-11-16(9-10-17(12)25-4)26(22,23)20-13(2)18(21)19-14-5-7-15(24-3)8-6-14/h5-11,13,20H,1-4H3,(H,19,21)/t13-/m0/s1. The quantitative estimate of drug-likeness (QED) is 0.771. The summed E-state index contributed by atoms with van der Waals surface area (Å²) in [6.07, 6.45) is 0. The first kappa shape index (κ1) is 19.7. The average Bonchev–Trinajstić information content (AvgIpc) is 2.61. The topological polar surface area (TPSA) is 93.7 Å². The minimum atomic E-state index is -3.84. The highest BCUT2D eigenvalue weighted by Gasteiger charge is 2.22. The summed E-state index contributed by atoms with van der Waals surface area (Å²) in [5.41, 5.74) is 1.23. The number of amides is 1. The predicted octanol–water partition coefficient (Wildman–Crippen LogP) is 2.32. The summed E-state index contributed by atoms with van der Waals surface area (Å²) in [6, 6.07) is 10.3. The Morgan fingerprint density at radius 3 is 2.23 bits per heavy atom. The van der Waals surface area contributed by atoms with Crippen LogP contribution in [0.4, 0.5) is 5.69 Å². The van der Waals surface area contributed by atoms with Crippen LogP contribution in [0.25, 0.3) is 0 Å². The van der Waals surface area contributed by atoms with Crippen molar-refractivity contribution < 1.29 is 22.7 Å². The van der Waals surface area contributed by atoms with Crippen LogP contribution in [-0.4, -0.2) is 34.6 Å². The zero-order chi connectivity index (χ0) is 19.3. The SMILES string of the molecule is COc1ccc(NC(=O)[C@H](C)NS(=O)(=O)c2ccc(OC)c(C)c2)cc1. The van der Waals surface area contributed by atoms with Crippen LogP contribution in [0.1, 0.15) is 12.5 Å². The van der Waals surface area contributed by atoms with E-state index < -0.39 is 22.0 Å². The summed E-state index contributed by atoms with van der Waals surface area (Å²) in [4.78, 5) is 12.3. The molecule has 0 spiro atoms. The van der Waals surface area contributed by atoms with Crippen LogP contribution in [0.2, 0.25) is 0 Å². The molecule has 2 aromatic carbocycles. The minimum Gasteiger partial charge on any atom is -0.497 e. The van der Waals surface area contributed by atoms with Gasteiger partial charge in [-0.1, -0.05) is 0 Å². The molecule has 0 saturated carbocycles. The van der Waals surface area contributed by atoms with E-state index in [1.165, 1.54) is 26.2 Å². The molecule has 8 heteroatoms. The molecule has 0 radical (unpaired) electrons. The van der Waals surface area contributed by atoms with Gasteiger partial charge in [-0.2, -0.15) is 4.72 Å². The van der Waals surface area contributed by atoms with Gasteiger partial charge in [0.25, 0.3) is 0 Å². The molecule has 0 aromatic heterocycles. The Kier molecular flexibility index (Phi) is 6.23. The molecule has 0 bridgehead atoms. The minimum absolute atomic E-state index is 0.0693. The number of hydrogen-bond acceptors (Lipinski definition) is 5. The Hall–Kier alpha value is -2.58. The van der Waals surface area contributed by atoms with Gasteiger partial charge in [-0.15, -0.1) is 0 Å². The number of hydrogen-bond donors (Lipinski definition) is 2. The predicted molar refractivity (Wildman–Crippen MR) is 99.1 cm³/mol. The molecule has 0 fully saturated rings. The van der Waals surface area contributed by atoms with Gasteiger partial charge in [0.1, 0.15) is 11.5 Å². The lowest BCUT2D eigenvalue weighted by Gasteiger charge is -2.15. The third kappa shape index (κ3) is 4.74. The van der Waals surface area contributed by atoms with Crippen molar-refractivity contribution in [2.45, 2.75) is 24.8 Å². The Balaban J connectivity index is 2.07. The number of carbonyl (C=O) groups is 1. The second kappa shape index (κ2) is 8.20. The van der Waals surface area contributed by atoms with E-state index in [4.69, 9.17) is 9.47 Å². The first-order valence-corrected chi connectivity index (χ1v) is 9.37. The van der Waals surface area contributed by atoms with Crippen molar-refractivity contribution >= 4 is 21.6 Å². The highest BCUT2D eigenvalue weighted by atomic mass is 32.2. The number of nitrogens with one attached hydrogen (secondary N) is 2. The maximum absolute atomic E-state index is 12.5. The van der Waals surface area contributed by atoms with E-state index in [0.29, 0.717) is 22.7 Å². The lowest BCUT2D eigenvalue weighted by atomic mass is 10.2. The van der Waals surface area contributed by atoms with Crippen LogP contribution in [0.5, 0.6) is 11.5 Å². The highest BCUT2D eigenvalue weighted by Crippen LogP contribution is 2.21. The zero-order valence-electron chi connectivity index (χ0n) is 15.1. The van der Waals surface area contributed by atoms with Crippen molar-refractivity contribution in [3.8, 4) is 11.5 Å². The molecule has 2 rings (SSSR count). The van der Waals surface area contributed by atoms with Gasteiger partial charge >= 0.3 is 0 Å². The summed E-state index contributed by atoms with van der Waals surface area (Å²) in [5, 5.41) is 2.66. The third-order valence-electron chi connectivity index (χ3n) is 3.76. The molecule has 2 N–H and O–H groups in total. The normalized spacial score (nSPS) is 12.3. The molecule has 0 aliphatic heterocycles. The molecule has 0 aliphatic rings. The molecule has 0 aliphatic carbocycles. The van der Waals surface area contributed by atoms with Gasteiger partial charge in [-0.05, 0) is 61.9 Å². The molecule has 1 atom stereocenters. The number of sulfonamides is 1. The fraction of sp³-hybridized carbons (Fsp3) is 0.278. The largest absolute Gasteiger partial charge is 0.497 e. The van der Waals surface area contributed by atoms with Crippen LogP contribution in [0, 0.1) is 6.92 Å². The Bertz CT molecular complexity index is 879. The Labute approximate surface area is 153 Å². The van der Waals surface area contributed by atoms with E-state index in [-0.39, 0.29) is 4.90 Å². The van der Waals surface area contributed by atoms with E-state index in [0.717, 1.165) is 0 Å². The van der Waals surface area contributed by atoms with Crippen molar-refractivity contribution in [3.05, 3.63) is 48.0 Å². The smallest absolute Gasteiger partial charge is 0.242 e. The molecular formula is C18H22N2O5S. The van der Waals surface area contributed by atoms with Crippen molar-refractivity contribution in [2.75, 3.05) is 19.5 Å². The molecule has 0 saturated heterocycles. The van der Waals surface area contributed by atoms with E-state index >= 15 is 0 Å². The van der Waals surface area contributed by atoms with Gasteiger partial charge in [0, 0.05) is 5.69 Å². The molecule has 26 heavy (non-hydrogen) atoms. The third-order valence-corrected chi connectivity index (χ3v) is 5.30. The molecule has 0 unspecified atom stereocenters. The Morgan fingerprint density at radius 2 is 1.69 bits per heavy atom. The second-order valence-electron chi connectivity index (χ2n) is 5.69. The fourth-order valence-corrected chi connectivity index (χ4v) is 3.58. The average molecular weight is 378 g/mol. The van der Waals surface area contributed by atoms with Gasteiger partial charge < -0.3 is 14.8 Å². The van der Waals surface area contributed by atoms with Gasteiger partial charge in [0.2, 0.25) is 15.9 Å². The van der Waals surface area contributed by atoms with Crippen LogP contribution < -0.4 is 19.5 Å². The summed E-state index contributed by atoms with van der Waals surface area (Å²) in [7, 11) is -0.780. The number of anilines is 1. The molecule has 2 aromatic rings. The molecule has 140 valence electrons. The summed E-state index contributed by atoms with van der Waals surface area (Å²) in [6.45, 7) is 3.23. The van der Waals surface area contributed by atoms with Crippen LogP contribution in [-0.2, 0) is 14.8 Å². The van der Waals surface area contributed by atoms with Crippen LogP contribution in [0.3, 0.4) is 0 Å². The number of aryl methyl sites for hydroxylation is 1. The van der Waals surface area contributed by atoms with E-state index in [2.05, 4.69) is 10.0 Å². The van der Waals surface area contributed by atoms with Crippen molar-refractivity contribution in [3.63, 3.8) is 0 Å². The number of benzene rings is 2. The molecule has 1 amide bonds. The zero-order valence-corrected chi connectivity index (χ0v) is 15.9. The van der Waals surface area contributed by atoms with Gasteiger partial charge in [-0.3, -0.25) is 4.79 Å². The maximum atomic E-state index is 12.5. The summed E-state index contributed by atoms with van der Waals surface area (Å²) >= 11 is 0. The first-order valence-electron chi connectivity index (χ1n) is 7.88. The van der Waals surface area contributed by atoms with Crippen LogP contribution >= 0.6 is 0 Å². The van der Waals surface area contributed by atoms with Gasteiger partial charge in [-0.25, -0.2) is 8.42 Å². The molecular weight excluding hydrogens is 356 g/mol. The van der Waals surface area contributed by atoms with Crippen molar-refractivity contribution in [1.82, 2.24) is 4.72 Å². The van der Waals surface area contributed by atoms with E-state index in [1.54, 1.807) is 44.4 Å². The maximum Gasteiger partial charge on any atom is 0.242 e. The van der Waals surface area contributed by atoms with Gasteiger partial charge in [0.05, 0.1) is 25.2 Å². The first-order chi connectivity index (χ1) is 12.3. The monoisotopic (exact) mass is 378 g/mol. The van der Waals surface area contributed by atoms with Crippen LogP contribution in [0.15, 0.2) is 47.4 Å². The number of carbonyl (C=O) groups excluding carboxylic acids is 1. The van der Waals surface area contributed by atoms with Gasteiger partial charge in [0.15, 0.2) is 0 Å². The second-order valence-corrected chi connectivity index (χ2v) is 7.41. The lowest BCUT2D eigenvalue weighted by molar-refractivity contribution is -0.117. The van der Waals surface area contributed by atoms with Crippen molar-refractivity contribution in [1.29, 1.82) is 0 Å². The Morgan fingerprint density at radius 1 is 1.04 bits per heavy atom. The number of ether oxygens (including phenoxy) is 2. The molecule has 7 nitrogen and oxygen atoms in total. The summed E-state index contributed by atoms with van der Waals surface area (Å²) in [5.74, 6) is 0.782. The number of methoxy groups -OCH3 is 2. The highest BCUT2D eigenvalue weighted by molar-refractivity contribution is 7.89. The van der Waals surface area contributed by atoms with Crippen molar-refractivity contribution in [2.24, 2.45) is 0 Å². The van der Waals surface area contributed by atoms with E-state index in [9.17, 15) is 13.2 Å². The summed E-state index contributed by atoms with van der Waals surface area (Å²) < 4.78 is 37.5.